The van der Waals surface area contributed by atoms with Crippen LogP contribution < -0.4 is 0 Å². The van der Waals surface area contributed by atoms with E-state index in [2.05, 4.69) is 12.1 Å². The molecule has 0 heterocycles. The Kier molecular flexibility index (Phi) is 4.71. The third-order valence-electron chi connectivity index (χ3n) is 3.37. The summed E-state index contributed by atoms with van der Waals surface area (Å²) in [6, 6.07) is 27.8. The van der Waals surface area contributed by atoms with Gasteiger partial charge in [0.25, 0.3) is 0 Å². The third kappa shape index (κ3) is 3.66. The zero-order valence-electron chi connectivity index (χ0n) is 12.1. The number of carbonyl (C=O) groups excluding carboxylic acids is 1. The van der Waals surface area contributed by atoms with Crippen molar-refractivity contribution in [2.45, 2.75) is 16.2 Å². The van der Waals surface area contributed by atoms with E-state index in [4.69, 9.17) is 0 Å². The first-order chi connectivity index (χ1) is 10.8. The number of ketones is 1. The molecule has 0 aromatic heterocycles. The van der Waals surface area contributed by atoms with E-state index in [1.54, 1.807) is 11.8 Å². The molecule has 0 saturated carbocycles. The molecule has 0 saturated heterocycles. The van der Waals surface area contributed by atoms with Crippen LogP contribution in [0.15, 0.2) is 94.7 Å². The quantitative estimate of drug-likeness (QED) is 0.598. The Morgan fingerprint density at radius 2 is 1.32 bits per heavy atom. The zero-order chi connectivity index (χ0) is 15.2. The van der Waals surface area contributed by atoms with Crippen molar-refractivity contribution in [3.8, 4) is 0 Å². The summed E-state index contributed by atoms with van der Waals surface area (Å²) in [5, 5.41) is 0. The molecular formula is C20H16OS. The fraction of sp³-hybridized carbons (Fsp3) is 0.0500. The summed E-state index contributed by atoms with van der Waals surface area (Å²) in [6.45, 7) is 0. The average molecular weight is 304 g/mol. The van der Waals surface area contributed by atoms with Gasteiger partial charge in [-0.3, -0.25) is 4.79 Å². The Morgan fingerprint density at radius 3 is 2.05 bits per heavy atom. The van der Waals surface area contributed by atoms with Gasteiger partial charge in [-0.15, -0.1) is 0 Å². The van der Waals surface area contributed by atoms with Crippen LogP contribution >= 0.6 is 11.8 Å². The van der Waals surface area contributed by atoms with Crippen LogP contribution in [-0.2, 0) is 6.42 Å². The molecule has 0 amide bonds. The van der Waals surface area contributed by atoms with Gasteiger partial charge in [-0.2, -0.15) is 0 Å². The first-order valence-corrected chi connectivity index (χ1v) is 8.03. The van der Waals surface area contributed by atoms with Gasteiger partial charge in [0.2, 0.25) is 0 Å². The second-order valence-corrected chi connectivity index (χ2v) is 6.11. The Morgan fingerprint density at radius 1 is 0.727 bits per heavy atom. The molecule has 0 atom stereocenters. The fourth-order valence-electron chi connectivity index (χ4n) is 2.28. The van der Waals surface area contributed by atoms with Crippen molar-refractivity contribution in [3.63, 3.8) is 0 Å². The van der Waals surface area contributed by atoms with Gasteiger partial charge in [0.15, 0.2) is 5.78 Å². The van der Waals surface area contributed by atoms with Crippen molar-refractivity contribution in [2.24, 2.45) is 0 Å². The lowest BCUT2D eigenvalue weighted by molar-refractivity contribution is 0.0990. The van der Waals surface area contributed by atoms with Gasteiger partial charge in [-0.05, 0) is 23.8 Å². The van der Waals surface area contributed by atoms with E-state index in [0.29, 0.717) is 6.42 Å². The van der Waals surface area contributed by atoms with Crippen LogP contribution in [-0.4, -0.2) is 5.78 Å². The lowest BCUT2D eigenvalue weighted by atomic mass is 10.0. The van der Waals surface area contributed by atoms with Crippen LogP contribution in [0.5, 0.6) is 0 Å². The molecule has 0 spiro atoms. The van der Waals surface area contributed by atoms with E-state index < -0.39 is 0 Å². The maximum atomic E-state index is 12.6. The summed E-state index contributed by atoms with van der Waals surface area (Å²) >= 11 is 1.63. The van der Waals surface area contributed by atoms with E-state index in [9.17, 15) is 4.79 Å². The number of Topliss-reactive ketones (excluding diaryl/α,β-unsaturated/α-hetero) is 1. The monoisotopic (exact) mass is 304 g/mol. The van der Waals surface area contributed by atoms with Gasteiger partial charge >= 0.3 is 0 Å². The summed E-state index contributed by atoms with van der Waals surface area (Å²) in [5.41, 5.74) is 1.84. The number of carbonyl (C=O) groups is 1. The normalized spacial score (nSPS) is 10.4. The average Bonchev–Trinajstić information content (AvgIpc) is 2.57. The molecule has 108 valence electrons. The molecule has 0 aliphatic heterocycles. The van der Waals surface area contributed by atoms with Crippen molar-refractivity contribution < 1.29 is 4.79 Å². The number of rotatable bonds is 5. The van der Waals surface area contributed by atoms with Crippen molar-refractivity contribution >= 4 is 17.5 Å². The topological polar surface area (TPSA) is 17.1 Å². The minimum absolute atomic E-state index is 0.158. The molecule has 3 aromatic rings. The molecule has 3 rings (SSSR count). The maximum absolute atomic E-state index is 12.6. The Balaban J connectivity index is 1.83. The van der Waals surface area contributed by atoms with Crippen molar-refractivity contribution in [2.75, 3.05) is 0 Å². The molecule has 2 heteroatoms. The molecule has 0 aliphatic rings. The third-order valence-corrected chi connectivity index (χ3v) is 4.45. The highest BCUT2D eigenvalue weighted by atomic mass is 32.2. The molecule has 0 aliphatic carbocycles. The summed E-state index contributed by atoms with van der Waals surface area (Å²) in [4.78, 5) is 14.8. The van der Waals surface area contributed by atoms with Crippen LogP contribution in [0.2, 0.25) is 0 Å². The molecule has 0 radical (unpaired) electrons. The SMILES string of the molecule is O=C(Cc1ccccc1)c1ccccc1Sc1ccccc1. The van der Waals surface area contributed by atoms with Crippen LogP contribution in [0.4, 0.5) is 0 Å². The van der Waals surface area contributed by atoms with E-state index in [1.807, 2.05) is 72.8 Å². The maximum Gasteiger partial charge on any atom is 0.168 e. The Labute approximate surface area is 135 Å². The molecule has 3 aromatic carbocycles. The smallest absolute Gasteiger partial charge is 0.168 e. The standard InChI is InChI=1S/C20H16OS/c21-19(15-16-9-3-1-4-10-16)18-13-7-8-14-20(18)22-17-11-5-2-6-12-17/h1-14H,15H2. The van der Waals surface area contributed by atoms with E-state index in [1.165, 1.54) is 0 Å². The van der Waals surface area contributed by atoms with Gasteiger partial charge < -0.3 is 0 Å². The van der Waals surface area contributed by atoms with Crippen LogP contribution in [0.25, 0.3) is 0 Å². The predicted octanol–water partition coefficient (Wildman–Crippen LogP) is 5.26. The summed E-state index contributed by atoms with van der Waals surface area (Å²) in [7, 11) is 0. The van der Waals surface area contributed by atoms with Crippen molar-refractivity contribution in [1.82, 2.24) is 0 Å². The molecule has 0 bridgehead atoms. The fourth-order valence-corrected chi connectivity index (χ4v) is 3.26. The van der Waals surface area contributed by atoms with E-state index in [0.717, 1.165) is 20.9 Å². The second-order valence-electron chi connectivity index (χ2n) is 5.00. The number of benzene rings is 3. The van der Waals surface area contributed by atoms with Crippen LogP contribution in [0.3, 0.4) is 0 Å². The van der Waals surface area contributed by atoms with Gasteiger partial charge in [0.05, 0.1) is 0 Å². The summed E-state index contributed by atoms with van der Waals surface area (Å²) < 4.78 is 0. The first kappa shape index (κ1) is 14.6. The first-order valence-electron chi connectivity index (χ1n) is 7.22. The van der Waals surface area contributed by atoms with Crippen molar-refractivity contribution in [3.05, 3.63) is 96.1 Å². The van der Waals surface area contributed by atoms with E-state index >= 15 is 0 Å². The Bertz CT molecular complexity index is 751. The summed E-state index contributed by atoms with van der Waals surface area (Å²) in [6.07, 6.45) is 0.438. The predicted molar refractivity (Wildman–Crippen MR) is 91.5 cm³/mol. The molecule has 0 fully saturated rings. The van der Waals surface area contributed by atoms with Gasteiger partial charge in [-0.25, -0.2) is 0 Å². The number of hydrogen-bond donors (Lipinski definition) is 0. The molecule has 22 heavy (non-hydrogen) atoms. The second kappa shape index (κ2) is 7.10. The molecule has 0 unspecified atom stereocenters. The number of hydrogen-bond acceptors (Lipinski definition) is 2. The van der Waals surface area contributed by atoms with Crippen molar-refractivity contribution in [1.29, 1.82) is 0 Å². The molecular weight excluding hydrogens is 288 g/mol. The zero-order valence-corrected chi connectivity index (χ0v) is 12.9. The van der Waals surface area contributed by atoms with E-state index in [-0.39, 0.29) is 5.78 Å². The molecule has 0 N–H and O–H groups in total. The minimum Gasteiger partial charge on any atom is -0.294 e. The highest BCUT2D eigenvalue weighted by Gasteiger charge is 2.12. The lowest BCUT2D eigenvalue weighted by Crippen LogP contribution is -2.04. The van der Waals surface area contributed by atoms with Crippen LogP contribution in [0.1, 0.15) is 15.9 Å². The Hall–Kier alpha value is -2.32. The van der Waals surface area contributed by atoms with Gasteiger partial charge in [0.1, 0.15) is 0 Å². The largest absolute Gasteiger partial charge is 0.294 e. The van der Waals surface area contributed by atoms with Gasteiger partial charge in [-0.1, -0.05) is 78.5 Å². The lowest BCUT2D eigenvalue weighted by Gasteiger charge is -2.08. The minimum atomic E-state index is 0.158. The van der Waals surface area contributed by atoms with Gasteiger partial charge in [0, 0.05) is 21.8 Å². The van der Waals surface area contributed by atoms with Crippen LogP contribution in [0, 0.1) is 0 Å². The highest BCUT2D eigenvalue weighted by molar-refractivity contribution is 7.99. The highest BCUT2D eigenvalue weighted by Crippen LogP contribution is 2.30. The molecule has 1 nitrogen and oxygen atoms in total. The summed E-state index contributed by atoms with van der Waals surface area (Å²) in [5.74, 6) is 0.158.